The van der Waals surface area contributed by atoms with Crippen molar-refractivity contribution in [2.24, 2.45) is 5.10 Å². The highest BCUT2D eigenvalue weighted by molar-refractivity contribution is 7.88. The van der Waals surface area contributed by atoms with E-state index in [1.165, 1.54) is 22.7 Å². The van der Waals surface area contributed by atoms with E-state index in [0.29, 0.717) is 5.56 Å². The van der Waals surface area contributed by atoms with Gasteiger partial charge in [-0.3, -0.25) is 4.79 Å². The van der Waals surface area contributed by atoms with Gasteiger partial charge in [0.25, 0.3) is 5.91 Å². The lowest BCUT2D eigenvalue weighted by molar-refractivity contribution is -0.121. The minimum absolute atomic E-state index is 0.142. The number of rotatable bonds is 7. The third-order valence-electron chi connectivity index (χ3n) is 4.27. The van der Waals surface area contributed by atoms with Gasteiger partial charge in [0, 0.05) is 6.04 Å². The summed E-state index contributed by atoms with van der Waals surface area (Å²) in [4.78, 5) is 22.9. The predicted octanol–water partition coefficient (Wildman–Crippen LogP) is 1.43. The maximum absolute atomic E-state index is 12.1. The van der Waals surface area contributed by atoms with E-state index in [-0.39, 0.29) is 18.2 Å². The molecule has 0 aliphatic heterocycles. The summed E-state index contributed by atoms with van der Waals surface area (Å²) < 4.78 is 25.3. The van der Waals surface area contributed by atoms with Gasteiger partial charge in [0.2, 0.25) is 10.0 Å². The number of hydrogen-bond acceptors (Lipinski definition) is 5. The van der Waals surface area contributed by atoms with Gasteiger partial charge in [-0.05, 0) is 30.5 Å². The van der Waals surface area contributed by atoms with E-state index in [2.05, 4.69) is 10.5 Å². The van der Waals surface area contributed by atoms with Gasteiger partial charge in [-0.2, -0.15) is 9.41 Å². The molecule has 0 atom stereocenters. The number of carbonyl (C=O) groups excluding carboxylic acids is 1. The Kier molecular flexibility index (Phi) is 6.87. The highest BCUT2D eigenvalue weighted by atomic mass is 32.2. The fourth-order valence-electron chi connectivity index (χ4n) is 2.95. The van der Waals surface area contributed by atoms with Crippen LogP contribution < -0.4 is 5.43 Å². The summed E-state index contributed by atoms with van der Waals surface area (Å²) in [5, 5.41) is 12.6. The number of nitrogens with zero attached hydrogens (tertiary/aromatic N) is 2. The number of hydrazone groups is 1. The van der Waals surface area contributed by atoms with Crippen molar-refractivity contribution in [1.82, 2.24) is 9.73 Å². The average Bonchev–Trinajstić information content (AvgIpc) is 2.60. The van der Waals surface area contributed by atoms with E-state index in [4.69, 9.17) is 5.11 Å². The molecule has 9 heteroatoms. The molecule has 1 aliphatic rings. The first-order chi connectivity index (χ1) is 12.3. The second-order valence-electron chi connectivity index (χ2n) is 6.32. The summed E-state index contributed by atoms with van der Waals surface area (Å²) in [5.74, 6) is -1.54. The van der Waals surface area contributed by atoms with Gasteiger partial charge < -0.3 is 5.11 Å². The Hall–Kier alpha value is -2.26. The topological polar surface area (TPSA) is 116 Å². The lowest BCUT2D eigenvalue weighted by Gasteiger charge is -2.31. The van der Waals surface area contributed by atoms with Crippen molar-refractivity contribution < 1.29 is 23.1 Å². The van der Waals surface area contributed by atoms with Crippen molar-refractivity contribution in [3.8, 4) is 0 Å². The van der Waals surface area contributed by atoms with Crippen molar-refractivity contribution in [2.75, 3.05) is 12.8 Å². The Balaban J connectivity index is 1.94. The molecule has 2 rings (SSSR count). The number of carboxylic acid groups (broad SMARTS) is 1. The van der Waals surface area contributed by atoms with E-state index >= 15 is 0 Å². The first kappa shape index (κ1) is 20.1. The standard InChI is InChI=1S/C17H23N3O5S/c1-26(24,25)20(15-5-3-2-4-6-15)12-16(21)19-18-11-13-7-9-14(10-8-13)17(22)23/h7-11,15H,2-6,12H2,1H3,(H,19,21)(H,22,23). The van der Waals surface area contributed by atoms with Gasteiger partial charge >= 0.3 is 5.97 Å². The number of benzene rings is 1. The van der Waals surface area contributed by atoms with Crippen molar-refractivity contribution >= 4 is 28.1 Å². The van der Waals surface area contributed by atoms with Crippen LogP contribution in [0.2, 0.25) is 0 Å². The SMILES string of the molecule is CS(=O)(=O)N(CC(=O)NN=Cc1ccc(C(=O)O)cc1)C1CCCCC1. The fourth-order valence-corrected chi connectivity index (χ4v) is 4.06. The van der Waals surface area contributed by atoms with E-state index in [1.54, 1.807) is 12.1 Å². The number of sulfonamides is 1. The van der Waals surface area contributed by atoms with Crippen LogP contribution in [-0.4, -0.2) is 54.8 Å². The molecule has 0 heterocycles. The first-order valence-electron chi connectivity index (χ1n) is 8.39. The van der Waals surface area contributed by atoms with Gasteiger partial charge in [-0.25, -0.2) is 18.6 Å². The van der Waals surface area contributed by atoms with Gasteiger partial charge in [0.15, 0.2) is 0 Å². The Labute approximate surface area is 152 Å². The third-order valence-corrected chi connectivity index (χ3v) is 5.55. The smallest absolute Gasteiger partial charge is 0.335 e. The normalized spacial score (nSPS) is 16.1. The fraction of sp³-hybridized carbons (Fsp3) is 0.471. The summed E-state index contributed by atoms with van der Waals surface area (Å²) >= 11 is 0. The van der Waals surface area contributed by atoms with Gasteiger partial charge in [-0.15, -0.1) is 0 Å². The molecule has 0 unspecified atom stereocenters. The molecule has 1 fully saturated rings. The van der Waals surface area contributed by atoms with Crippen molar-refractivity contribution in [3.05, 3.63) is 35.4 Å². The van der Waals surface area contributed by atoms with Crippen LogP contribution in [0.15, 0.2) is 29.4 Å². The number of carbonyl (C=O) groups is 2. The van der Waals surface area contributed by atoms with Gasteiger partial charge in [0.05, 0.1) is 24.6 Å². The molecular weight excluding hydrogens is 358 g/mol. The first-order valence-corrected chi connectivity index (χ1v) is 10.2. The highest BCUT2D eigenvalue weighted by Crippen LogP contribution is 2.24. The Bertz CT molecular complexity index is 768. The Morgan fingerprint density at radius 3 is 2.38 bits per heavy atom. The van der Waals surface area contributed by atoms with E-state index in [0.717, 1.165) is 38.4 Å². The highest BCUT2D eigenvalue weighted by Gasteiger charge is 2.29. The molecule has 0 saturated heterocycles. The maximum Gasteiger partial charge on any atom is 0.335 e. The zero-order chi connectivity index (χ0) is 19.2. The largest absolute Gasteiger partial charge is 0.478 e. The van der Waals surface area contributed by atoms with E-state index < -0.39 is 21.9 Å². The lowest BCUT2D eigenvalue weighted by Crippen LogP contribution is -2.45. The molecule has 0 aromatic heterocycles. The predicted molar refractivity (Wildman–Crippen MR) is 97.6 cm³/mol. The second-order valence-corrected chi connectivity index (χ2v) is 8.26. The summed E-state index contributed by atoms with van der Waals surface area (Å²) in [6.07, 6.45) is 7.02. The molecule has 0 spiro atoms. The minimum Gasteiger partial charge on any atom is -0.478 e. The molecule has 1 aliphatic carbocycles. The van der Waals surface area contributed by atoms with Crippen molar-refractivity contribution in [3.63, 3.8) is 0 Å². The van der Waals surface area contributed by atoms with Gasteiger partial charge in [0.1, 0.15) is 0 Å². The van der Waals surface area contributed by atoms with Crippen LogP contribution in [0.1, 0.15) is 48.0 Å². The molecule has 26 heavy (non-hydrogen) atoms. The molecule has 0 radical (unpaired) electrons. The van der Waals surface area contributed by atoms with Crippen LogP contribution in [0.4, 0.5) is 0 Å². The third kappa shape index (κ3) is 5.92. The summed E-state index contributed by atoms with van der Waals surface area (Å²) in [5.41, 5.74) is 3.09. The van der Waals surface area contributed by atoms with Crippen LogP contribution in [0.5, 0.6) is 0 Å². The minimum atomic E-state index is -3.48. The molecule has 1 aromatic rings. The second kappa shape index (κ2) is 8.91. The van der Waals surface area contributed by atoms with Crippen LogP contribution in [-0.2, 0) is 14.8 Å². The van der Waals surface area contributed by atoms with Crippen LogP contribution >= 0.6 is 0 Å². The molecule has 0 bridgehead atoms. The van der Waals surface area contributed by atoms with E-state index in [1.807, 2.05) is 0 Å². The van der Waals surface area contributed by atoms with Crippen molar-refractivity contribution in [2.45, 2.75) is 38.1 Å². The molecule has 2 N–H and O–H groups in total. The lowest BCUT2D eigenvalue weighted by atomic mass is 9.95. The summed E-state index contributed by atoms with van der Waals surface area (Å²) in [6.45, 7) is -0.265. The quantitative estimate of drug-likeness (QED) is 0.547. The maximum atomic E-state index is 12.1. The number of aromatic carboxylic acids is 1. The molecule has 1 amide bonds. The Morgan fingerprint density at radius 1 is 1.23 bits per heavy atom. The van der Waals surface area contributed by atoms with Crippen LogP contribution in [0.25, 0.3) is 0 Å². The summed E-state index contributed by atoms with van der Waals surface area (Å²) in [7, 11) is -3.48. The molecule has 1 aromatic carbocycles. The van der Waals surface area contributed by atoms with Crippen LogP contribution in [0.3, 0.4) is 0 Å². The number of nitrogens with one attached hydrogen (secondary N) is 1. The van der Waals surface area contributed by atoms with Crippen LogP contribution in [0, 0.1) is 0 Å². The molecular formula is C17H23N3O5S. The number of amides is 1. The van der Waals surface area contributed by atoms with Gasteiger partial charge in [-0.1, -0.05) is 31.4 Å². The monoisotopic (exact) mass is 381 g/mol. The Morgan fingerprint density at radius 2 is 1.85 bits per heavy atom. The molecule has 8 nitrogen and oxygen atoms in total. The zero-order valence-electron chi connectivity index (χ0n) is 14.6. The average molecular weight is 381 g/mol. The molecule has 142 valence electrons. The number of hydrogen-bond donors (Lipinski definition) is 2. The van der Waals surface area contributed by atoms with Crippen molar-refractivity contribution in [1.29, 1.82) is 0 Å². The summed E-state index contributed by atoms with van der Waals surface area (Å²) in [6, 6.07) is 5.84. The van der Waals surface area contributed by atoms with E-state index in [9.17, 15) is 18.0 Å². The number of carboxylic acids is 1. The zero-order valence-corrected chi connectivity index (χ0v) is 15.4. The molecule has 1 saturated carbocycles.